The Kier molecular flexibility index (Phi) is 7.27. The van der Waals surface area contributed by atoms with Crippen LogP contribution in [0.1, 0.15) is 22.1 Å². The molecular weight excluding hydrogens is 582 g/mol. The predicted molar refractivity (Wildman–Crippen MR) is 152 cm³/mol. The Morgan fingerprint density at radius 2 is 1.64 bits per heavy atom. The molecule has 2 aliphatic rings. The van der Waals surface area contributed by atoms with Gasteiger partial charge in [-0.2, -0.15) is 18.3 Å². The van der Waals surface area contributed by atoms with E-state index in [1.54, 1.807) is 52.0 Å². The number of benzene rings is 2. The second kappa shape index (κ2) is 11.1. The third kappa shape index (κ3) is 5.45. The molecule has 2 N–H and O–H groups in total. The fourth-order valence-corrected chi connectivity index (χ4v) is 5.23. The molecule has 0 bridgehead atoms. The highest BCUT2D eigenvalue weighted by Gasteiger charge is 2.37. The lowest BCUT2D eigenvalue weighted by molar-refractivity contribution is -0.141. The summed E-state index contributed by atoms with van der Waals surface area (Å²) in [7, 11) is 0. The van der Waals surface area contributed by atoms with Crippen LogP contribution in [-0.2, 0) is 11.0 Å². The molecule has 4 heterocycles. The molecule has 44 heavy (non-hydrogen) atoms. The van der Waals surface area contributed by atoms with Gasteiger partial charge in [-0.15, -0.1) is 0 Å². The number of anilines is 1. The number of alkyl halides is 3. The van der Waals surface area contributed by atoms with Gasteiger partial charge in [0.25, 0.3) is 11.8 Å². The number of urea groups is 1. The number of pyridine rings is 1. The van der Waals surface area contributed by atoms with Crippen molar-refractivity contribution in [2.24, 2.45) is 0 Å². The van der Waals surface area contributed by atoms with E-state index in [9.17, 15) is 31.9 Å². The van der Waals surface area contributed by atoms with Crippen LogP contribution in [0.3, 0.4) is 0 Å². The van der Waals surface area contributed by atoms with E-state index in [0.29, 0.717) is 27.8 Å². The van der Waals surface area contributed by atoms with Crippen LogP contribution in [0.4, 0.5) is 28.0 Å². The van der Waals surface area contributed by atoms with Gasteiger partial charge >= 0.3 is 12.2 Å². The number of rotatable bonds is 6. The Bertz CT molecular complexity index is 1760. The van der Waals surface area contributed by atoms with Crippen molar-refractivity contribution < 1.29 is 31.9 Å². The summed E-state index contributed by atoms with van der Waals surface area (Å²) < 4.78 is 54.4. The summed E-state index contributed by atoms with van der Waals surface area (Å²) in [4.78, 5) is 44.4. The Morgan fingerprint density at radius 3 is 2.27 bits per heavy atom. The second-order valence-corrected chi connectivity index (χ2v) is 10.6. The van der Waals surface area contributed by atoms with E-state index in [1.165, 1.54) is 11.0 Å². The first kappa shape index (κ1) is 28.8. The number of hydrogen-bond acceptors (Lipinski definition) is 5. The summed E-state index contributed by atoms with van der Waals surface area (Å²) in [6, 6.07) is 14.9. The molecule has 2 saturated heterocycles. The number of aromatic nitrogens is 3. The monoisotopic (exact) mass is 607 g/mol. The highest BCUT2D eigenvalue weighted by Crippen LogP contribution is 2.36. The van der Waals surface area contributed by atoms with Crippen molar-refractivity contribution in [1.82, 2.24) is 29.9 Å². The van der Waals surface area contributed by atoms with Crippen LogP contribution in [0.15, 0.2) is 79.3 Å². The molecule has 2 aromatic carbocycles. The molecule has 4 aromatic rings. The Morgan fingerprint density at radius 1 is 0.909 bits per heavy atom. The van der Waals surface area contributed by atoms with Gasteiger partial charge in [0.15, 0.2) is 5.83 Å². The first-order valence-corrected chi connectivity index (χ1v) is 13.6. The average molecular weight is 608 g/mol. The Hall–Kier alpha value is -5.27. The topological polar surface area (TPSA) is 112 Å². The highest BCUT2D eigenvalue weighted by molar-refractivity contribution is 6.09. The lowest BCUT2D eigenvalue weighted by Crippen LogP contribution is -2.61. The molecule has 0 unspecified atom stereocenters. The van der Waals surface area contributed by atoms with Crippen molar-refractivity contribution in [1.29, 1.82) is 0 Å². The number of hydrogen-bond donors (Lipinski definition) is 2. The Balaban J connectivity index is 1.26. The van der Waals surface area contributed by atoms with Crippen LogP contribution in [0.2, 0.25) is 0 Å². The third-order valence-electron chi connectivity index (χ3n) is 7.56. The zero-order chi connectivity index (χ0) is 31.2. The molecule has 0 saturated carbocycles. The van der Waals surface area contributed by atoms with Crippen LogP contribution in [-0.4, -0.2) is 74.6 Å². The van der Waals surface area contributed by atoms with Crippen molar-refractivity contribution in [3.8, 4) is 11.3 Å². The molecule has 10 nitrogen and oxygen atoms in total. The van der Waals surface area contributed by atoms with Gasteiger partial charge in [-0.25, -0.2) is 9.18 Å². The predicted octanol–water partition coefficient (Wildman–Crippen LogP) is 4.63. The minimum Gasteiger partial charge on any atom is -0.346 e. The maximum atomic E-state index is 13.5. The first-order valence-electron chi connectivity index (χ1n) is 13.6. The molecule has 4 amide bonds. The lowest BCUT2D eigenvalue weighted by Gasteiger charge is -2.40. The van der Waals surface area contributed by atoms with Crippen LogP contribution >= 0.6 is 0 Å². The molecule has 0 radical (unpaired) electrons. The van der Waals surface area contributed by atoms with E-state index < -0.39 is 35.6 Å². The number of nitrogens with zero attached hydrogens (tertiary/aromatic N) is 5. The normalized spacial score (nSPS) is 15.5. The summed E-state index contributed by atoms with van der Waals surface area (Å²) >= 11 is 0. The van der Waals surface area contributed by atoms with Crippen molar-refractivity contribution >= 4 is 34.4 Å². The van der Waals surface area contributed by atoms with E-state index >= 15 is 0 Å². The SMILES string of the molecule is C=C(F)C(=O)N1CC(n2nc(-c3ccc(C(F)(F)F)nc3)c3cccc(C(=O)NC4CN(C(=O)Nc5ccccc5)C4)c32)C1. The van der Waals surface area contributed by atoms with E-state index in [4.69, 9.17) is 0 Å². The minimum absolute atomic E-state index is 0.0906. The Labute approximate surface area is 247 Å². The van der Waals surface area contributed by atoms with Crippen molar-refractivity contribution in [2.75, 3.05) is 31.5 Å². The van der Waals surface area contributed by atoms with Gasteiger partial charge < -0.3 is 20.4 Å². The van der Waals surface area contributed by atoms with Gasteiger partial charge in [-0.1, -0.05) is 36.9 Å². The molecule has 14 heteroatoms. The second-order valence-electron chi connectivity index (χ2n) is 10.6. The summed E-state index contributed by atoms with van der Waals surface area (Å²) in [5, 5.41) is 10.8. The lowest BCUT2D eigenvalue weighted by atomic mass is 10.0. The minimum atomic E-state index is -4.62. The number of para-hydroxylation sites is 2. The van der Waals surface area contributed by atoms with Gasteiger partial charge in [0.2, 0.25) is 0 Å². The van der Waals surface area contributed by atoms with Crippen LogP contribution < -0.4 is 10.6 Å². The number of nitrogens with one attached hydrogen (secondary N) is 2. The fourth-order valence-electron chi connectivity index (χ4n) is 5.23. The third-order valence-corrected chi connectivity index (χ3v) is 7.56. The number of carbonyl (C=O) groups excluding carboxylic acids is 3. The summed E-state index contributed by atoms with van der Waals surface area (Å²) in [5.74, 6) is -2.39. The van der Waals surface area contributed by atoms with Gasteiger partial charge in [0.1, 0.15) is 11.4 Å². The van der Waals surface area contributed by atoms with Crippen molar-refractivity contribution in [2.45, 2.75) is 18.3 Å². The zero-order valence-corrected chi connectivity index (χ0v) is 23.0. The maximum Gasteiger partial charge on any atom is 0.433 e. The van der Waals surface area contributed by atoms with Crippen molar-refractivity contribution in [3.63, 3.8) is 0 Å². The largest absolute Gasteiger partial charge is 0.433 e. The average Bonchev–Trinajstić information content (AvgIpc) is 3.33. The standard InChI is InChI=1S/C30H25F4N7O3/c1-17(31)28(43)39-15-21(16-39)41-26-22(25(38-41)18-10-11-24(35-12-18)30(32,33)34)8-5-9-23(26)27(42)36-20-13-40(14-20)29(44)37-19-6-3-2-4-7-19/h2-12,20-21H,1,13-16H2,(H,36,42)(H,37,44). The first-order chi connectivity index (χ1) is 21.0. The van der Waals surface area contributed by atoms with E-state index in [1.807, 2.05) is 6.07 Å². The van der Waals surface area contributed by atoms with Gasteiger partial charge in [-0.05, 0) is 30.3 Å². The molecule has 226 valence electrons. The van der Waals surface area contributed by atoms with Gasteiger partial charge in [0.05, 0.1) is 23.2 Å². The zero-order valence-electron chi connectivity index (χ0n) is 23.0. The summed E-state index contributed by atoms with van der Waals surface area (Å²) in [6.07, 6.45) is -3.55. The quantitative estimate of drug-likeness (QED) is 0.245. The maximum absolute atomic E-state index is 13.5. The van der Waals surface area contributed by atoms with E-state index in [2.05, 4.69) is 27.3 Å². The molecule has 2 aliphatic heterocycles. The molecule has 2 fully saturated rings. The number of halogens is 4. The molecule has 2 aromatic heterocycles. The molecule has 6 rings (SSSR count). The number of likely N-dealkylation sites (tertiary alicyclic amines) is 2. The number of fused-ring (bicyclic) bond motifs is 1. The fraction of sp³-hybridized carbons (Fsp3) is 0.233. The van der Waals surface area contributed by atoms with Crippen LogP contribution in [0.5, 0.6) is 0 Å². The summed E-state index contributed by atoms with van der Waals surface area (Å²) in [6.45, 7) is 3.79. The van der Waals surface area contributed by atoms with E-state index in [0.717, 1.165) is 12.3 Å². The van der Waals surface area contributed by atoms with Crippen LogP contribution in [0.25, 0.3) is 22.2 Å². The van der Waals surface area contributed by atoms with Crippen LogP contribution in [0, 0.1) is 0 Å². The molecule has 0 atom stereocenters. The number of carbonyl (C=O) groups is 3. The molecule has 0 aliphatic carbocycles. The summed E-state index contributed by atoms with van der Waals surface area (Å²) in [5.41, 5.74) is 0.820. The van der Waals surface area contributed by atoms with Gasteiger partial charge in [0, 0.05) is 49.0 Å². The van der Waals surface area contributed by atoms with Crippen molar-refractivity contribution in [3.05, 3.63) is 90.5 Å². The molecular formula is C30H25F4N7O3. The molecule has 0 spiro atoms. The van der Waals surface area contributed by atoms with Gasteiger partial charge in [-0.3, -0.25) is 19.3 Å². The highest BCUT2D eigenvalue weighted by atomic mass is 19.4. The van der Waals surface area contributed by atoms with E-state index in [-0.39, 0.29) is 43.8 Å². The smallest absolute Gasteiger partial charge is 0.346 e. The number of amides is 4.